The minimum atomic E-state index is -0.971. The Morgan fingerprint density at radius 3 is 2.47 bits per heavy atom. The highest BCUT2D eigenvalue weighted by molar-refractivity contribution is 5.82. The summed E-state index contributed by atoms with van der Waals surface area (Å²) < 4.78 is 5.34. The lowest BCUT2D eigenvalue weighted by atomic mass is 9.72. The minimum absolute atomic E-state index is 0.0894. The third kappa shape index (κ3) is 2.60. The molecule has 0 radical (unpaired) electrons. The zero-order valence-electron chi connectivity index (χ0n) is 11.7. The van der Waals surface area contributed by atoms with E-state index in [-0.39, 0.29) is 12.0 Å². The van der Waals surface area contributed by atoms with Gasteiger partial charge in [-0.1, -0.05) is 12.2 Å². The van der Waals surface area contributed by atoms with Gasteiger partial charge in [0.1, 0.15) is 11.6 Å². The number of carbonyl (C=O) groups excluding carboxylic acids is 1. The molecule has 3 atom stereocenters. The number of ether oxygens (including phenoxy) is 1. The van der Waals surface area contributed by atoms with E-state index in [2.05, 4.69) is 6.58 Å². The van der Waals surface area contributed by atoms with Crippen LogP contribution in [0.3, 0.4) is 0 Å². The second kappa shape index (κ2) is 4.54. The molecule has 1 aliphatic carbocycles. The lowest BCUT2D eigenvalue weighted by molar-refractivity contribution is -0.149. The zero-order chi connectivity index (χ0) is 14.4. The molecule has 1 unspecified atom stereocenters. The van der Waals surface area contributed by atoms with Gasteiger partial charge in [0.15, 0.2) is 0 Å². The number of amides is 1. The van der Waals surface area contributed by atoms with Crippen molar-refractivity contribution < 1.29 is 19.4 Å². The molecule has 1 amide bonds. The van der Waals surface area contributed by atoms with Crippen LogP contribution in [0.1, 0.15) is 40.0 Å². The van der Waals surface area contributed by atoms with Crippen LogP contribution in [0, 0.1) is 5.92 Å². The highest BCUT2D eigenvalue weighted by Crippen LogP contribution is 2.43. The van der Waals surface area contributed by atoms with Crippen molar-refractivity contribution in [3.8, 4) is 0 Å². The second-order valence-electron chi connectivity index (χ2n) is 6.37. The summed E-state index contributed by atoms with van der Waals surface area (Å²) >= 11 is 0. The summed E-state index contributed by atoms with van der Waals surface area (Å²) in [6.07, 6.45) is 1.78. The van der Waals surface area contributed by atoms with Gasteiger partial charge in [-0.3, -0.25) is 4.90 Å². The van der Waals surface area contributed by atoms with Gasteiger partial charge in [-0.05, 0) is 40.0 Å². The van der Waals surface area contributed by atoms with Crippen LogP contribution in [0.5, 0.6) is 0 Å². The summed E-state index contributed by atoms with van der Waals surface area (Å²) in [5.74, 6) is -1.11. The topological polar surface area (TPSA) is 66.8 Å². The van der Waals surface area contributed by atoms with Gasteiger partial charge in [-0.2, -0.15) is 0 Å². The number of carbonyl (C=O) groups is 2. The van der Waals surface area contributed by atoms with Crippen molar-refractivity contribution >= 4 is 12.1 Å². The summed E-state index contributed by atoms with van der Waals surface area (Å²) in [7, 11) is 0. The molecule has 3 fully saturated rings. The number of rotatable bonds is 1. The Labute approximate surface area is 113 Å². The summed E-state index contributed by atoms with van der Waals surface area (Å²) in [4.78, 5) is 25.1. The van der Waals surface area contributed by atoms with Crippen molar-refractivity contribution in [2.75, 3.05) is 0 Å². The molecule has 0 aromatic heterocycles. The van der Waals surface area contributed by atoms with Crippen molar-refractivity contribution in [3.05, 3.63) is 12.2 Å². The van der Waals surface area contributed by atoms with Gasteiger partial charge in [-0.25, -0.2) is 9.59 Å². The number of aliphatic carboxylic acids is 1. The Hall–Kier alpha value is -1.52. The predicted molar refractivity (Wildman–Crippen MR) is 69.8 cm³/mol. The predicted octanol–water partition coefficient (Wildman–Crippen LogP) is 2.42. The number of piperidine rings is 2. The van der Waals surface area contributed by atoms with Gasteiger partial charge in [0.05, 0.1) is 0 Å². The van der Waals surface area contributed by atoms with Crippen LogP contribution in [0.25, 0.3) is 0 Å². The monoisotopic (exact) mass is 267 g/mol. The normalized spacial score (nSPS) is 30.4. The number of fused-ring (bicyclic) bond motifs is 3. The minimum Gasteiger partial charge on any atom is -0.480 e. The Morgan fingerprint density at radius 2 is 2.00 bits per heavy atom. The van der Waals surface area contributed by atoms with Crippen molar-refractivity contribution in [2.45, 2.75) is 57.7 Å². The fourth-order valence-electron chi connectivity index (χ4n) is 3.04. The summed E-state index contributed by atoms with van der Waals surface area (Å²) in [5.41, 5.74) is 0.330. The zero-order valence-corrected chi connectivity index (χ0v) is 11.7. The Morgan fingerprint density at radius 1 is 1.37 bits per heavy atom. The quantitative estimate of drug-likeness (QED) is 0.741. The van der Waals surface area contributed by atoms with Crippen molar-refractivity contribution in [1.29, 1.82) is 0 Å². The highest BCUT2D eigenvalue weighted by Gasteiger charge is 2.50. The standard InChI is InChI=1S/C14H21NO4/c1-8-7-9-5-6-10(8)11(12(16)17)15(9)13(18)19-14(2,3)4/h9-11H,1,5-7H2,2-4H3,(H,16,17)/t9?,10-,11+/m1/s1. The maximum atomic E-state index is 12.2. The molecule has 0 aromatic carbocycles. The highest BCUT2D eigenvalue weighted by atomic mass is 16.6. The van der Waals surface area contributed by atoms with E-state index >= 15 is 0 Å². The molecule has 2 bridgehead atoms. The van der Waals surface area contributed by atoms with Crippen molar-refractivity contribution in [2.24, 2.45) is 5.92 Å². The van der Waals surface area contributed by atoms with Crippen LogP contribution in [0.4, 0.5) is 4.79 Å². The largest absolute Gasteiger partial charge is 0.480 e. The van der Waals surface area contributed by atoms with Gasteiger partial charge in [0.2, 0.25) is 0 Å². The lowest BCUT2D eigenvalue weighted by Gasteiger charge is -2.50. The second-order valence-corrected chi connectivity index (χ2v) is 6.37. The molecule has 106 valence electrons. The summed E-state index contributed by atoms with van der Waals surface area (Å²) in [6.45, 7) is 9.29. The van der Waals surface area contributed by atoms with Crippen LogP contribution >= 0.6 is 0 Å². The molecule has 0 spiro atoms. The summed E-state index contributed by atoms with van der Waals surface area (Å²) in [5, 5.41) is 9.41. The molecule has 3 rings (SSSR count). The van der Waals surface area contributed by atoms with Gasteiger partial charge in [-0.15, -0.1) is 0 Å². The first-order valence-electron chi connectivity index (χ1n) is 6.62. The molecule has 19 heavy (non-hydrogen) atoms. The molecular formula is C14H21NO4. The SMILES string of the molecule is C=C1CC2CC[C@H]1[C@@H](C(=O)O)N2C(=O)OC(C)(C)C. The molecule has 1 N–H and O–H groups in total. The first-order chi connectivity index (χ1) is 8.70. The van der Waals surface area contributed by atoms with E-state index < -0.39 is 23.7 Å². The van der Waals surface area contributed by atoms with Crippen LogP contribution in [-0.2, 0) is 9.53 Å². The molecule has 0 aromatic rings. The van der Waals surface area contributed by atoms with Crippen LogP contribution in [0.15, 0.2) is 12.2 Å². The van der Waals surface area contributed by atoms with Crippen molar-refractivity contribution in [1.82, 2.24) is 4.90 Å². The molecule has 1 saturated carbocycles. The first kappa shape index (κ1) is 13.9. The van der Waals surface area contributed by atoms with E-state index in [1.807, 2.05) is 0 Å². The maximum absolute atomic E-state index is 12.2. The third-order valence-corrected chi connectivity index (χ3v) is 3.76. The van der Waals surface area contributed by atoms with Crippen LogP contribution in [-0.4, -0.2) is 39.8 Å². The number of carboxylic acid groups (broad SMARTS) is 1. The van der Waals surface area contributed by atoms with Gasteiger partial charge in [0.25, 0.3) is 0 Å². The number of carboxylic acids is 1. The number of hydrogen-bond acceptors (Lipinski definition) is 3. The lowest BCUT2D eigenvalue weighted by Crippen LogP contribution is -2.61. The van der Waals surface area contributed by atoms with Gasteiger partial charge in [0, 0.05) is 12.0 Å². The molecular weight excluding hydrogens is 246 g/mol. The molecule has 2 heterocycles. The van der Waals surface area contributed by atoms with Crippen molar-refractivity contribution in [3.63, 3.8) is 0 Å². The fraction of sp³-hybridized carbons (Fsp3) is 0.714. The average Bonchev–Trinajstić information content (AvgIpc) is 2.25. The Kier molecular flexibility index (Phi) is 3.32. The fourth-order valence-corrected chi connectivity index (χ4v) is 3.04. The van der Waals surface area contributed by atoms with Crippen LogP contribution < -0.4 is 0 Å². The molecule has 2 saturated heterocycles. The van der Waals surface area contributed by atoms with E-state index in [0.717, 1.165) is 18.4 Å². The Balaban J connectivity index is 2.25. The first-order valence-corrected chi connectivity index (χ1v) is 6.62. The van der Waals surface area contributed by atoms with Gasteiger partial charge >= 0.3 is 12.1 Å². The van der Waals surface area contributed by atoms with E-state index in [4.69, 9.17) is 4.74 Å². The third-order valence-electron chi connectivity index (χ3n) is 3.76. The van der Waals surface area contributed by atoms with E-state index in [9.17, 15) is 14.7 Å². The molecule has 5 nitrogen and oxygen atoms in total. The van der Waals surface area contributed by atoms with Crippen LogP contribution in [0.2, 0.25) is 0 Å². The molecule has 2 aliphatic heterocycles. The van der Waals surface area contributed by atoms with E-state index in [0.29, 0.717) is 6.42 Å². The van der Waals surface area contributed by atoms with E-state index in [1.54, 1.807) is 20.8 Å². The Bertz CT molecular complexity index is 424. The molecule has 3 aliphatic rings. The maximum Gasteiger partial charge on any atom is 0.411 e. The van der Waals surface area contributed by atoms with Gasteiger partial charge < -0.3 is 9.84 Å². The smallest absolute Gasteiger partial charge is 0.411 e. The molecule has 5 heteroatoms. The number of nitrogens with zero attached hydrogens (tertiary/aromatic N) is 1. The summed E-state index contributed by atoms with van der Waals surface area (Å²) in [6, 6.07) is -0.914. The van der Waals surface area contributed by atoms with E-state index in [1.165, 1.54) is 4.90 Å². The number of hydrogen-bond donors (Lipinski definition) is 1. The average molecular weight is 267 g/mol.